The molecule has 94 valence electrons. The fourth-order valence-electron chi connectivity index (χ4n) is 2.89. The van der Waals surface area contributed by atoms with Crippen LogP contribution in [0.5, 0.6) is 0 Å². The molecule has 1 aliphatic heterocycles. The Balaban J connectivity index is 2.30. The largest absolute Gasteiger partial charge is 0.330 e. The van der Waals surface area contributed by atoms with Crippen LogP contribution in [0.1, 0.15) is 30.9 Å². The van der Waals surface area contributed by atoms with Crippen molar-refractivity contribution in [1.29, 1.82) is 0 Å². The maximum Gasteiger partial charge on any atom is 0.123 e. The van der Waals surface area contributed by atoms with Crippen LogP contribution in [0.4, 0.5) is 4.39 Å². The summed E-state index contributed by atoms with van der Waals surface area (Å²) in [4.78, 5) is 2.32. The Bertz CT molecular complexity index is 367. The van der Waals surface area contributed by atoms with Crippen LogP contribution in [0, 0.1) is 11.7 Å². The average Bonchev–Trinajstić information content (AvgIpc) is 2.50. The first-order valence-corrected chi connectivity index (χ1v) is 6.38. The van der Waals surface area contributed by atoms with E-state index in [0.29, 0.717) is 12.5 Å². The molecular weight excluding hydrogens is 215 g/mol. The van der Waals surface area contributed by atoms with Gasteiger partial charge in [-0.1, -0.05) is 18.6 Å². The van der Waals surface area contributed by atoms with E-state index in [1.807, 2.05) is 6.07 Å². The van der Waals surface area contributed by atoms with Crippen molar-refractivity contribution in [2.24, 2.45) is 11.7 Å². The molecule has 0 amide bonds. The Kier molecular flexibility index (Phi) is 4.13. The van der Waals surface area contributed by atoms with E-state index in [1.165, 1.54) is 18.9 Å². The molecular formula is C14H21FN2. The van der Waals surface area contributed by atoms with Gasteiger partial charge in [0, 0.05) is 6.04 Å². The number of halogens is 1. The highest BCUT2D eigenvalue weighted by atomic mass is 19.1. The van der Waals surface area contributed by atoms with Gasteiger partial charge in [-0.15, -0.1) is 0 Å². The predicted octanol–water partition coefficient (Wildman–Crippen LogP) is 2.56. The molecule has 0 unspecified atom stereocenters. The Morgan fingerprint density at radius 2 is 2.24 bits per heavy atom. The van der Waals surface area contributed by atoms with Crippen molar-refractivity contribution in [3.8, 4) is 0 Å². The predicted molar refractivity (Wildman–Crippen MR) is 68.2 cm³/mol. The van der Waals surface area contributed by atoms with Crippen molar-refractivity contribution in [1.82, 2.24) is 4.90 Å². The zero-order valence-corrected chi connectivity index (χ0v) is 10.4. The molecule has 1 aliphatic rings. The third-order valence-electron chi connectivity index (χ3n) is 3.75. The molecule has 1 saturated heterocycles. The van der Waals surface area contributed by atoms with Gasteiger partial charge in [-0.25, -0.2) is 4.39 Å². The molecule has 0 spiro atoms. The van der Waals surface area contributed by atoms with Crippen molar-refractivity contribution in [2.75, 3.05) is 20.1 Å². The fraction of sp³-hybridized carbons (Fsp3) is 0.571. The number of nitrogens with two attached hydrogens (primary N) is 1. The lowest BCUT2D eigenvalue weighted by Crippen LogP contribution is -2.33. The van der Waals surface area contributed by atoms with Gasteiger partial charge in [0.15, 0.2) is 0 Å². The topological polar surface area (TPSA) is 29.3 Å². The van der Waals surface area contributed by atoms with Crippen molar-refractivity contribution >= 4 is 0 Å². The minimum absolute atomic E-state index is 0.157. The van der Waals surface area contributed by atoms with Gasteiger partial charge >= 0.3 is 0 Å². The molecule has 0 radical (unpaired) electrons. The molecule has 2 atom stereocenters. The first kappa shape index (κ1) is 12.5. The van der Waals surface area contributed by atoms with Crippen LogP contribution in [0.3, 0.4) is 0 Å². The Hall–Kier alpha value is -0.930. The monoisotopic (exact) mass is 236 g/mol. The van der Waals surface area contributed by atoms with Gasteiger partial charge < -0.3 is 5.73 Å². The molecule has 1 fully saturated rings. The van der Waals surface area contributed by atoms with Gasteiger partial charge in [0.05, 0.1) is 0 Å². The number of nitrogens with zero attached hydrogens (tertiary/aromatic N) is 1. The lowest BCUT2D eigenvalue weighted by Gasteiger charge is -2.32. The standard InChI is InChI=1S/C14H21FN2/c1-17-8-3-2-5-12(10-16)14(17)11-6-4-7-13(15)9-11/h4,6-7,9,12,14H,2-3,5,8,10,16H2,1H3/t12-,14-/m1/s1. The Labute approximate surface area is 103 Å². The summed E-state index contributed by atoms with van der Waals surface area (Å²) in [7, 11) is 2.11. The first-order valence-electron chi connectivity index (χ1n) is 6.38. The molecule has 17 heavy (non-hydrogen) atoms. The third-order valence-corrected chi connectivity index (χ3v) is 3.75. The Morgan fingerprint density at radius 3 is 2.94 bits per heavy atom. The highest BCUT2D eigenvalue weighted by Gasteiger charge is 2.28. The molecule has 0 aromatic heterocycles. The molecule has 1 aromatic carbocycles. The quantitative estimate of drug-likeness (QED) is 0.855. The van der Waals surface area contributed by atoms with Crippen molar-refractivity contribution in [3.63, 3.8) is 0 Å². The zero-order chi connectivity index (χ0) is 12.3. The normalized spacial score (nSPS) is 26.8. The summed E-state index contributed by atoms with van der Waals surface area (Å²) in [6.07, 6.45) is 3.57. The molecule has 2 rings (SSSR count). The van der Waals surface area contributed by atoms with E-state index in [2.05, 4.69) is 11.9 Å². The van der Waals surface area contributed by atoms with Gasteiger partial charge in [-0.2, -0.15) is 0 Å². The second kappa shape index (κ2) is 5.61. The fourth-order valence-corrected chi connectivity index (χ4v) is 2.89. The van der Waals surface area contributed by atoms with Gasteiger partial charge in [-0.05, 0) is 56.6 Å². The molecule has 1 heterocycles. The maximum atomic E-state index is 13.3. The maximum absolute atomic E-state index is 13.3. The number of rotatable bonds is 2. The SMILES string of the molecule is CN1CCCC[C@H](CN)[C@H]1c1cccc(F)c1. The summed E-state index contributed by atoms with van der Waals surface area (Å²) >= 11 is 0. The number of benzene rings is 1. The third kappa shape index (κ3) is 2.85. The molecule has 1 aromatic rings. The van der Waals surface area contributed by atoms with E-state index in [-0.39, 0.29) is 11.9 Å². The Morgan fingerprint density at radius 1 is 1.41 bits per heavy atom. The van der Waals surface area contributed by atoms with Crippen molar-refractivity contribution < 1.29 is 4.39 Å². The average molecular weight is 236 g/mol. The lowest BCUT2D eigenvalue weighted by atomic mass is 9.89. The molecule has 0 bridgehead atoms. The minimum Gasteiger partial charge on any atom is -0.330 e. The van der Waals surface area contributed by atoms with Crippen LogP contribution >= 0.6 is 0 Å². The van der Waals surface area contributed by atoms with Gasteiger partial charge in [0.2, 0.25) is 0 Å². The number of hydrogen-bond acceptors (Lipinski definition) is 2. The van der Waals surface area contributed by atoms with Gasteiger partial charge in [0.1, 0.15) is 5.82 Å². The van der Waals surface area contributed by atoms with Crippen LogP contribution in [-0.4, -0.2) is 25.0 Å². The number of hydrogen-bond donors (Lipinski definition) is 1. The van der Waals surface area contributed by atoms with E-state index < -0.39 is 0 Å². The summed E-state index contributed by atoms with van der Waals surface area (Å²) < 4.78 is 13.3. The molecule has 2 nitrogen and oxygen atoms in total. The van der Waals surface area contributed by atoms with Crippen LogP contribution in [0.15, 0.2) is 24.3 Å². The molecule has 0 aliphatic carbocycles. The van der Waals surface area contributed by atoms with Crippen molar-refractivity contribution in [2.45, 2.75) is 25.3 Å². The second-order valence-corrected chi connectivity index (χ2v) is 4.97. The first-order chi connectivity index (χ1) is 8.22. The highest BCUT2D eigenvalue weighted by Crippen LogP contribution is 2.33. The highest BCUT2D eigenvalue weighted by molar-refractivity contribution is 5.21. The van der Waals surface area contributed by atoms with E-state index in [1.54, 1.807) is 12.1 Å². The van der Waals surface area contributed by atoms with Crippen molar-refractivity contribution in [3.05, 3.63) is 35.6 Å². The molecule has 3 heteroatoms. The zero-order valence-electron chi connectivity index (χ0n) is 10.4. The van der Waals surface area contributed by atoms with E-state index in [4.69, 9.17) is 5.73 Å². The summed E-state index contributed by atoms with van der Waals surface area (Å²) in [5.41, 5.74) is 6.94. The van der Waals surface area contributed by atoms with Crippen LogP contribution < -0.4 is 5.73 Å². The van der Waals surface area contributed by atoms with E-state index >= 15 is 0 Å². The van der Waals surface area contributed by atoms with Gasteiger partial charge in [-0.3, -0.25) is 4.90 Å². The van der Waals surface area contributed by atoms with Crippen LogP contribution in [0.25, 0.3) is 0 Å². The summed E-state index contributed by atoms with van der Waals surface area (Å²) in [6, 6.07) is 7.21. The smallest absolute Gasteiger partial charge is 0.123 e. The summed E-state index contributed by atoms with van der Waals surface area (Å²) in [5, 5.41) is 0. The molecule has 0 saturated carbocycles. The molecule has 2 N–H and O–H groups in total. The van der Waals surface area contributed by atoms with Crippen LogP contribution in [0.2, 0.25) is 0 Å². The summed E-state index contributed by atoms with van der Waals surface area (Å²) in [5.74, 6) is 0.278. The van der Waals surface area contributed by atoms with Gasteiger partial charge in [0.25, 0.3) is 0 Å². The van der Waals surface area contributed by atoms with E-state index in [0.717, 1.165) is 18.5 Å². The van der Waals surface area contributed by atoms with Crippen LogP contribution in [-0.2, 0) is 0 Å². The van der Waals surface area contributed by atoms with E-state index in [9.17, 15) is 4.39 Å². The second-order valence-electron chi connectivity index (χ2n) is 4.97. The number of likely N-dealkylation sites (tertiary alicyclic amines) is 1. The minimum atomic E-state index is -0.157. The lowest BCUT2D eigenvalue weighted by molar-refractivity contribution is 0.195. The summed E-state index contributed by atoms with van der Waals surface area (Å²) in [6.45, 7) is 1.74.